The topological polar surface area (TPSA) is 71.1 Å². The molecular formula is C12H16BrN3O2S3. The van der Waals surface area contributed by atoms with Gasteiger partial charge in [0.15, 0.2) is 5.13 Å². The van der Waals surface area contributed by atoms with Crippen molar-refractivity contribution in [1.29, 1.82) is 0 Å². The molecule has 2 rings (SSSR count). The average molecular weight is 410 g/mol. The SMILES string of the molecule is CCNC(C)c1csc(NS(=O)(=O)c2cc(Br)sc2C)n1. The lowest BCUT2D eigenvalue weighted by Gasteiger charge is -2.08. The van der Waals surface area contributed by atoms with Crippen molar-refractivity contribution in [3.8, 4) is 0 Å². The molecule has 0 aliphatic rings. The summed E-state index contributed by atoms with van der Waals surface area (Å²) in [7, 11) is -3.59. The molecule has 0 bridgehead atoms. The van der Waals surface area contributed by atoms with E-state index >= 15 is 0 Å². The van der Waals surface area contributed by atoms with Gasteiger partial charge in [0, 0.05) is 16.3 Å². The number of nitrogens with one attached hydrogen (secondary N) is 2. The van der Waals surface area contributed by atoms with Gasteiger partial charge in [-0.25, -0.2) is 13.4 Å². The molecule has 0 aromatic carbocycles. The second kappa shape index (κ2) is 6.74. The van der Waals surface area contributed by atoms with E-state index in [4.69, 9.17) is 0 Å². The molecule has 0 radical (unpaired) electrons. The standard InChI is InChI=1S/C12H16BrN3O2S3/c1-4-14-7(2)9-6-19-12(15-9)16-21(17,18)10-5-11(13)20-8(10)3/h5-7,14H,4H2,1-3H3,(H,15,16). The summed E-state index contributed by atoms with van der Waals surface area (Å²) in [6, 6.07) is 1.71. The van der Waals surface area contributed by atoms with Crippen molar-refractivity contribution < 1.29 is 8.42 Å². The Morgan fingerprint density at radius 2 is 2.19 bits per heavy atom. The first-order chi connectivity index (χ1) is 9.83. The molecule has 1 unspecified atom stereocenters. The Bertz CT molecular complexity index is 724. The predicted octanol–water partition coefficient (Wildman–Crippen LogP) is 3.75. The fraction of sp³-hybridized carbons (Fsp3) is 0.417. The molecule has 1 atom stereocenters. The Morgan fingerprint density at radius 3 is 2.76 bits per heavy atom. The summed E-state index contributed by atoms with van der Waals surface area (Å²) in [6.45, 7) is 6.63. The fourth-order valence-electron chi connectivity index (χ4n) is 1.81. The molecule has 2 heterocycles. The second-order valence-electron chi connectivity index (χ2n) is 4.43. The summed E-state index contributed by atoms with van der Waals surface area (Å²) >= 11 is 5.99. The van der Waals surface area contributed by atoms with Crippen LogP contribution in [-0.2, 0) is 10.0 Å². The Balaban J connectivity index is 2.20. The van der Waals surface area contributed by atoms with E-state index in [1.165, 1.54) is 22.7 Å². The number of thiazole rings is 1. The monoisotopic (exact) mass is 409 g/mol. The molecule has 2 aromatic rings. The van der Waals surface area contributed by atoms with Crippen molar-refractivity contribution in [2.45, 2.75) is 31.7 Å². The predicted molar refractivity (Wildman–Crippen MR) is 91.8 cm³/mol. The number of nitrogens with zero attached hydrogens (tertiary/aromatic N) is 1. The highest BCUT2D eigenvalue weighted by molar-refractivity contribution is 9.11. The van der Waals surface area contributed by atoms with Crippen molar-refractivity contribution in [1.82, 2.24) is 10.3 Å². The molecular weight excluding hydrogens is 394 g/mol. The molecule has 0 fully saturated rings. The van der Waals surface area contributed by atoms with E-state index in [2.05, 4.69) is 31.0 Å². The van der Waals surface area contributed by atoms with Crippen molar-refractivity contribution in [2.24, 2.45) is 0 Å². The Labute approximate surface area is 141 Å². The molecule has 0 aliphatic heterocycles. The summed E-state index contributed by atoms with van der Waals surface area (Å²) in [4.78, 5) is 5.36. The summed E-state index contributed by atoms with van der Waals surface area (Å²) in [5.74, 6) is 0. The Morgan fingerprint density at radius 1 is 1.48 bits per heavy atom. The number of halogens is 1. The molecule has 2 aromatic heterocycles. The lowest BCUT2D eigenvalue weighted by atomic mass is 10.3. The first-order valence-electron chi connectivity index (χ1n) is 6.31. The van der Waals surface area contributed by atoms with Crippen LogP contribution in [0.1, 0.15) is 30.5 Å². The number of anilines is 1. The minimum Gasteiger partial charge on any atom is -0.309 e. The van der Waals surface area contributed by atoms with Gasteiger partial charge in [-0.15, -0.1) is 22.7 Å². The van der Waals surface area contributed by atoms with E-state index in [0.29, 0.717) is 5.13 Å². The zero-order valence-corrected chi connectivity index (χ0v) is 15.8. The second-order valence-corrected chi connectivity index (χ2v) is 9.58. The van der Waals surface area contributed by atoms with Gasteiger partial charge in [0.25, 0.3) is 10.0 Å². The lowest BCUT2D eigenvalue weighted by Crippen LogP contribution is -2.18. The van der Waals surface area contributed by atoms with Crippen LogP contribution in [-0.4, -0.2) is 19.9 Å². The third kappa shape index (κ3) is 4.04. The summed E-state index contributed by atoms with van der Waals surface area (Å²) < 4.78 is 28.1. The van der Waals surface area contributed by atoms with E-state index < -0.39 is 10.0 Å². The smallest absolute Gasteiger partial charge is 0.264 e. The number of hydrogen-bond acceptors (Lipinski definition) is 6. The minimum absolute atomic E-state index is 0.0986. The fourth-order valence-corrected chi connectivity index (χ4v) is 6.28. The highest BCUT2D eigenvalue weighted by atomic mass is 79.9. The molecule has 0 amide bonds. The molecule has 0 saturated carbocycles. The average Bonchev–Trinajstić information content (AvgIpc) is 2.96. The highest BCUT2D eigenvalue weighted by Crippen LogP contribution is 2.31. The lowest BCUT2D eigenvalue weighted by molar-refractivity contribution is 0.586. The molecule has 0 saturated heterocycles. The van der Waals surface area contributed by atoms with Gasteiger partial charge in [-0.1, -0.05) is 6.92 Å². The van der Waals surface area contributed by atoms with E-state index in [-0.39, 0.29) is 10.9 Å². The van der Waals surface area contributed by atoms with Crippen LogP contribution in [0.3, 0.4) is 0 Å². The van der Waals surface area contributed by atoms with Crippen LogP contribution in [0.4, 0.5) is 5.13 Å². The van der Waals surface area contributed by atoms with Crippen LogP contribution in [0.2, 0.25) is 0 Å². The van der Waals surface area contributed by atoms with Crippen LogP contribution in [0, 0.1) is 6.92 Å². The number of aromatic nitrogens is 1. The van der Waals surface area contributed by atoms with Crippen molar-refractivity contribution in [2.75, 3.05) is 11.3 Å². The van der Waals surface area contributed by atoms with Crippen LogP contribution in [0.5, 0.6) is 0 Å². The van der Waals surface area contributed by atoms with Gasteiger partial charge in [-0.05, 0) is 42.4 Å². The summed E-state index contributed by atoms with van der Waals surface area (Å²) in [5.41, 5.74) is 0.836. The number of aryl methyl sites for hydroxylation is 1. The summed E-state index contributed by atoms with van der Waals surface area (Å²) in [5, 5.41) is 5.49. The quantitative estimate of drug-likeness (QED) is 0.761. The van der Waals surface area contributed by atoms with Crippen molar-refractivity contribution >= 4 is 53.8 Å². The van der Waals surface area contributed by atoms with Gasteiger partial charge in [0.05, 0.1) is 9.48 Å². The van der Waals surface area contributed by atoms with Gasteiger partial charge >= 0.3 is 0 Å². The minimum atomic E-state index is -3.59. The normalized spacial score (nSPS) is 13.3. The van der Waals surface area contributed by atoms with Crippen molar-refractivity contribution in [3.63, 3.8) is 0 Å². The third-order valence-electron chi connectivity index (χ3n) is 2.83. The number of hydrogen-bond donors (Lipinski definition) is 2. The maximum atomic E-state index is 12.4. The third-order valence-corrected chi connectivity index (χ3v) is 6.88. The molecule has 9 heteroatoms. The number of rotatable bonds is 6. The van der Waals surface area contributed by atoms with E-state index in [0.717, 1.165) is 20.9 Å². The van der Waals surface area contributed by atoms with Crippen LogP contribution in [0.25, 0.3) is 0 Å². The molecule has 0 spiro atoms. The number of thiophene rings is 1. The zero-order valence-electron chi connectivity index (χ0n) is 11.8. The van der Waals surface area contributed by atoms with Gasteiger partial charge in [-0.2, -0.15) is 0 Å². The van der Waals surface area contributed by atoms with Gasteiger partial charge in [0.1, 0.15) is 4.90 Å². The molecule has 0 aliphatic carbocycles. The highest BCUT2D eigenvalue weighted by Gasteiger charge is 2.21. The largest absolute Gasteiger partial charge is 0.309 e. The molecule has 5 nitrogen and oxygen atoms in total. The number of sulfonamides is 1. The first kappa shape index (κ1) is 16.9. The first-order valence-corrected chi connectivity index (χ1v) is 10.3. The molecule has 21 heavy (non-hydrogen) atoms. The van der Waals surface area contributed by atoms with E-state index in [1.54, 1.807) is 13.0 Å². The van der Waals surface area contributed by atoms with Gasteiger partial charge in [-0.3, -0.25) is 4.72 Å². The maximum Gasteiger partial charge on any atom is 0.264 e. The zero-order chi connectivity index (χ0) is 15.6. The Hall–Kier alpha value is -0.480. The summed E-state index contributed by atoms with van der Waals surface area (Å²) in [6.07, 6.45) is 0. The maximum absolute atomic E-state index is 12.4. The molecule has 2 N–H and O–H groups in total. The van der Waals surface area contributed by atoms with E-state index in [9.17, 15) is 8.42 Å². The van der Waals surface area contributed by atoms with Crippen LogP contribution < -0.4 is 10.0 Å². The Kier molecular flexibility index (Phi) is 5.42. The van der Waals surface area contributed by atoms with Gasteiger partial charge in [0.2, 0.25) is 0 Å². The van der Waals surface area contributed by atoms with Gasteiger partial charge < -0.3 is 5.32 Å². The van der Waals surface area contributed by atoms with Crippen LogP contribution in [0.15, 0.2) is 20.1 Å². The van der Waals surface area contributed by atoms with Crippen LogP contribution >= 0.6 is 38.6 Å². The van der Waals surface area contributed by atoms with Crippen molar-refractivity contribution in [3.05, 3.63) is 25.8 Å². The molecule has 116 valence electrons. The van der Waals surface area contributed by atoms with E-state index in [1.807, 2.05) is 19.2 Å².